The minimum atomic E-state index is -0.587. The third-order valence-electron chi connectivity index (χ3n) is 4.20. The second-order valence-electron chi connectivity index (χ2n) is 5.88. The van der Waals surface area contributed by atoms with Crippen molar-refractivity contribution in [1.82, 2.24) is 15.1 Å². The summed E-state index contributed by atoms with van der Waals surface area (Å²) in [6.07, 6.45) is 0.0699. The zero-order valence-corrected chi connectivity index (χ0v) is 14.1. The number of rotatable bonds is 7. The Bertz CT molecular complexity index is 582. The third kappa shape index (κ3) is 4.75. The topological polar surface area (TPSA) is 61.9 Å². The highest BCUT2D eigenvalue weighted by atomic mass is 19.1. The monoisotopic (exact) mass is 337 g/mol. The van der Waals surface area contributed by atoms with Crippen LogP contribution in [-0.2, 0) is 20.9 Å². The maximum Gasteiger partial charge on any atom is 0.237 e. The van der Waals surface area contributed by atoms with Crippen LogP contribution in [-0.4, -0.2) is 68.1 Å². The molecule has 0 radical (unpaired) electrons. The van der Waals surface area contributed by atoms with Gasteiger partial charge in [0.2, 0.25) is 11.8 Å². The molecule has 24 heavy (non-hydrogen) atoms. The van der Waals surface area contributed by atoms with Crippen LogP contribution in [0, 0.1) is 5.82 Å². The Kier molecular flexibility index (Phi) is 6.69. The third-order valence-corrected chi connectivity index (χ3v) is 4.20. The standard InChI is InChI=1S/C17H24FN3O3/c1-20(9-10-24-2)16(22)11-15-17(23)19-7-8-21(15)12-13-5-3-4-6-14(13)18/h3-6,15H,7-12H2,1-2H3,(H,19,23). The van der Waals surface area contributed by atoms with Crippen LogP contribution in [0.1, 0.15) is 12.0 Å². The summed E-state index contributed by atoms with van der Waals surface area (Å²) in [6.45, 7) is 2.30. The van der Waals surface area contributed by atoms with Gasteiger partial charge >= 0.3 is 0 Å². The van der Waals surface area contributed by atoms with Gasteiger partial charge in [-0.1, -0.05) is 18.2 Å². The van der Waals surface area contributed by atoms with Crippen molar-refractivity contribution in [2.45, 2.75) is 19.0 Å². The largest absolute Gasteiger partial charge is 0.383 e. The van der Waals surface area contributed by atoms with E-state index in [4.69, 9.17) is 4.74 Å². The Balaban J connectivity index is 2.04. The second kappa shape index (κ2) is 8.75. The van der Waals surface area contributed by atoms with Crippen LogP contribution in [0.4, 0.5) is 4.39 Å². The number of ether oxygens (including phenoxy) is 1. The highest BCUT2D eigenvalue weighted by molar-refractivity contribution is 5.88. The summed E-state index contributed by atoms with van der Waals surface area (Å²) in [5, 5.41) is 2.78. The predicted octanol–water partition coefficient (Wildman–Crippen LogP) is 0.621. The van der Waals surface area contributed by atoms with Crippen molar-refractivity contribution in [3.63, 3.8) is 0 Å². The van der Waals surface area contributed by atoms with Gasteiger partial charge in [0, 0.05) is 45.9 Å². The average Bonchev–Trinajstić information content (AvgIpc) is 2.57. The smallest absolute Gasteiger partial charge is 0.237 e. The quantitative estimate of drug-likeness (QED) is 0.792. The molecule has 6 nitrogen and oxygen atoms in total. The first-order valence-electron chi connectivity index (χ1n) is 8.01. The van der Waals surface area contributed by atoms with Crippen molar-refractivity contribution in [3.8, 4) is 0 Å². The minimum Gasteiger partial charge on any atom is -0.383 e. The summed E-state index contributed by atoms with van der Waals surface area (Å²) in [6, 6.07) is 5.91. The number of hydrogen-bond donors (Lipinski definition) is 1. The molecule has 1 saturated heterocycles. The molecule has 2 amide bonds. The number of halogens is 1. The molecule has 0 saturated carbocycles. The normalized spacial score (nSPS) is 18.3. The van der Waals surface area contributed by atoms with E-state index < -0.39 is 6.04 Å². The molecule has 0 aliphatic carbocycles. The molecule has 1 fully saturated rings. The SMILES string of the molecule is COCCN(C)C(=O)CC1C(=O)NCCN1Cc1ccccc1F. The molecule has 1 aromatic rings. The van der Waals surface area contributed by atoms with Gasteiger partial charge in [-0.15, -0.1) is 0 Å². The maximum absolute atomic E-state index is 13.9. The highest BCUT2D eigenvalue weighted by Gasteiger charge is 2.32. The number of methoxy groups -OCH3 is 1. The zero-order valence-electron chi connectivity index (χ0n) is 14.1. The summed E-state index contributed by atoms with van der Waals surface area (Å²) in [4.78, 5) is 27.9. The van der Waals surface area contributed by atoms with E-state index in [0.717, 1.165) is 0 Å². The Morgan fingerprint density at radius 2 is 2.21 bits per heavy atom. The lowest BCUT2D eigenvalue weighted by atomic mass is 10.1. The first kappa shape index (κ1) is 18.4. The molecule has 1 aromatic carbocycles. The van der Waals surface area contributed by atoms with Crippen molar-refractivity contribution in [2.24, 2.45) is 0 Å². The predicted molar refractivity (Wildman–Crippen MR) is 87.7 cm³/mol. The number of hydrogen-bond acceptors (Lipinski definition) is 4. The van der Waals surface area contributed by atoms with E-state index in [9.17, 15) is 14.0 Å². The van der Waals surface area contributed by atoms with E-state index in [1.165, 1.54) is 6.07 Å². The molecule has 2 rings (SSSR count). The number of nitrogens with zero attached hydrogens (tertiary/aromatic N) is 2. The lowest BCUT2D eigenvalue weighted by molar-refractivity contribution is -0.138. The summed E-state index contributed by atoms with van der Waals surface area (Å²) >= 11 is 0. The minimum absolute atomic E-state index is 0.0699. The van der Waals surface area contributed by atoms with E-state index in [2.05, 4.69) is 5.32 Å². The van der Waals surface area contributed by atoms with Crippen molar-refractivity contribution >= 4 is 11.8 Å². The molecule has 132 valence electrons. The van der Waals surface area contributed by atoms with Crippen LogP contribution in [0.3, 0.4) is 0 Å². The molecule has 0 bridgehead atoms. The van der Waals surface area contributed by atoms with Gasteiger partial charge in [0.05, 0.1) is 19.1 Å². The molecule has 1 heterocycles. The van der Waals surface area contributed by atoms with Crippen LogP contribution in [0.5, 0.6) is 0 Å². The van der Waals surface area contributed by atoms with Gasteiger partial charge in [-0.25, -0.2) is 4.39 Å². The average molecular weight is 337 g/mol. The molecule has 0 spiro atoms. The molecule has 1 N–H and O–H groups in total. The van der Waals surface area contributed by atoms with Gasteiger partial charge in [-0.3, -0.25) is 14.5 Å². The first-order chi connectivity index (χ1) is 11.5. The molecular weight excluding hydrogens is 313 g/mol. The van der Waals surface area contributed by atoms with Crippen LogP contribution in [0.15, 0.2) is 24.3 Å². The fourth-order valence-corrected chi connectivity index (χ4v) is 2.69. The van der Waals surface area contributed by atoms with E-state index in [1.54, 1.807) is 37.3 Å². The molecule has 7 heteroatoms. The van der Waals surface area contributed by atoms with Crippen LogP contribution in [0.2, 0.25) is 0 Å². The lowest BCUT2D eigenvalue weighted by Crippen LogP contribution is -2.56. The number of benzene rings is 1. The lowest BCUT2D eigenvalue weighted by Gasteiger charge is -2.35. The number of carbonyl (C=O) groups is 2. The highest BCUT2D eigenvalue weighted by Crippen LogP contribution is 2.16. The number of likely N-dealkylation sites (N-methyl/N-ethyl adjacent to an activating group) is 1. The zero-order chi connectivity index (χ0) is 17.5. The molecule has 1 unspecified atom stereocenters. The van der Waals surface area contributed by atoms with Crippen LogP contribution >= 0.6 is 0 Å². The number of amides is 2. The number of carbonyl (C=O) groups excluding carboxylic acids is 2. The van der Waals surface area contributed by atoms with Gasteiger partial charge in [0.15, 0.2) is 0 Å². The number of nitrogens with one attached hydrogen (secondary N) is 1. The van der Waals surface area contributed by atoms with Crippen LogP contribution < -0.4 is 5.32 Å². The molecule has 1 aliphatic rings. The molecule has 1 aliphatic heterocycles. The Morgan fingerprint density at radius 1 is 1.46 bits per heavy atom. The summed E-state index contributed by atoms with van der Waals surface area (Å²) < 4.78 is 18.8. The van der Waals surface area contributed by atoms with E-state index >= 15 is 0 Å². The number of piperazine rings is 1. The van der Waals surface area contributed by atoms with Gasteiger partial charge in [-0.2, -0.15) is 0 Å². The van der Waals surface area contributed by atoms with Crippen molar-refractivity contribution in [1.29, 1.82) is 0 Å². The molecule has 1 atom stereocenters. The van der Waals surface area contributed by atoms with Crippen molar-refractivity contribution < 1.29 is 18.7 Å². The summed E-state index contributed by atoms with van der Waals surface area (Å²) in [5.41, 5.74) is 0.525. The fourth-order valence-electron chi connectivity index (χ4n) is 2.69. The Labute approximate surface area is 141 Å². The van der Waals surface area contributed by atoms with Crippen LogP contribution in [0.25, 0.3) is 0 Å². The van der Waals surface area contributed by atoms with Gasteiger partial charge in [0.1, 0.15) is 5.82 Å². The summed E-state index contributed by atoms with van der Waals surface area (Å²) in [7, 11) is 3.26. The Morgan fingerprint density at radius 3 is 2.92 bits per heavy atom. The first-order valence-corrected chi connectivity index (χ1v) is 8.01. The molecular formula is C17H24FN3O3. The Hall–Kier alpha value is -1.99. The van der Waals surface area contributed by atoms with Gasteiger partial charge in [0.25, 0.3) is 0 Å². The van der Waals surface area contributed by atoms with Crippen molar-refractivity contribution in [3.05, 3.63) is 35.6 Å². The maximum atomic E-state index is 13.9. The molecule has 0 aromatic heterocycles. The van der Waals surface area contributed by atoms with E-state index in [1.807, 2.05) is 4.90 Å². The van der Waals surface area contributed by atoms with E-state index in [0.29, 0.717) is 38.3 Å². The summed E-state index contributed by atoms with van der Waals surface area (Å²) in [5.74, 6) is -0.621. The van der Waals surface area contributed by atoms with Gasteiger partial charge < -0.3 is 15.0 Å². The fraction of sp³-hybridized carbons (Fsp3) is 0.529. The van der Waals surface area contributed by atoms with Crippen molar-refractivity contribution in [2.75, 3.05) is 40.4 Å². The van der Waals surface area contributed by atoms with E-state index in [-0.39, 0.29) is 24.1 Å². The van der Waals surface area contributed by atoms with Gasteiger partial charge in [-0.05, 0) is 6.07 Å². The second-order valence-corrected chi connectivity index (χ2v) is 5.88.